The quantitative estimate of drug-likeness (QED) is 0.895. The zero-order valence-electron chi connectivity index (χ0n) is 12.9. The number of carboxylic acids is 1. The number of carboxylic acid groups (broad SMARTS) is 1. The second kappa shape index (κ2) is 5.30. The highest BCUT2D eigenvalue weighted by atomic mass is 16.5. The standard InChI is InChI=1S/C17H21NO4/c1-10-6-12-13(9-22-14(12)7-11(10)2)16(21)18-17(4-3-5-17)8-15(19)20/h6-7,13H,3-5,8-9H2,1-2H3,(H,18,21)(H,19,20). The van der Waals surface area contributed by atoms with Gasteiger partial charge in [0.05, 0.1) is 12.0 Å². The Balaban J connectivity index is 1.78. The molecular formula is C17H21NO4. The Hall–Kier alpha value is -2.04. The van der Waals surface area contributed by atoms with E-state index in [-0.39, 0.29) is 18.2 Å². The molecule has 1 amide bonds. The lowest BCUT2D eigenvalue weighted by atomic mass is 9.74. The molecule has 22 heavy (non-hydrogen) atoms. The summed E-state index contributed by atoms with van der Waals surface area (Å²) in [4.78, 5) is 23.6. The highest BCUT2D eigenvalue weighted by Gasteiger charge is 2.42. The van der Waals surface area contributed by atoms with E-state index < -0.39 is 11.5 Å². The highest BCUT2D eigenvalue weighted by molar-refractivity contribution is 5.87. The maximum absolute atomic E-state index is 12.6. The summed E-state index contributed by atoms with van der Waals surface area (Å²) in [7, 11) is 0. The van der Waals surface area contributed by atoms with Crippen LogP contribution in [0.15, 0.2) is 12.1 Å². The predicted octanol–water partition coefficient (Wildman–Crippen LogP) is 2.29. The van der Waals surface area contributed by atoms with Crippen molar-refractivity contribution in [1.29, 1.82) is 0 Å². The van der Waals surface area contributed by atoms with Gasteiger partial charge in [-0.2, -0.15) is 0 Å². The van der Waals surface area contributed by atoms with Crippen molar-refractivity contribution in [3.63, 3.8) is 0 Å². The molecule has 1 atom stereocenters. The summed E-state index contributed by atoms with van der Waals surface area (Å²) in [5.41, 5.74) is 2.61. The van der Waals surface area contributed by atoms with Gasteiger partial charge in [-0.15, -0.1) is 0 Å². The van der Waals surface area contributed by atoms with Gasteiger partial charge in [0, 0.05) is 5.56 Å². The van der Waals surface area contributed by atoms with Crippen LogP contribution in [0.5, 0.6) is 5.75 Å². The Morgan fingerprint density at radius 1 is 1.32 bits per heavy atom. The van der Waals surface area contributed by atoms with Crippen molar-refractivity contribution in [2.75, 3.05) is 6.61 Å². The fourth-order valence-corrected chi connectivity index (χ4v) is 3.28. The van der Waals surface area contributed by atoms with Gasteiger partial charge in [-0.1, -0.05) is 6.07 Å². The smallest absolute Gasteiger partial charge is 0.305 e. The molecule has 118 valence electrons. The molecule has 1 fully saturated rings. The number of amides is 1. The van der Waals surface area contributed by atoms with E-state index in [2.05, 4.69) is 5.32 Å². The Kier molecular flexibility index (Phi) is 3.59. The molecule has 1 heterocycles. The zero-order chi connectivity index (χ0) is 15.9. The summed E-state index contributed by atoms with van der Waals surface area (Å²) in [5, 5.41) is 12.0. The first-order chi connectivity index (χ1) is 10.4. The maximum atomic E-state index is 12.6. The second-order valence-electron chi connectivity index (χ2n) is 6.53. The average molecular weight is 303 g/mol. The molecule has 0 bridgehead atoms. The average Bonchev–Trinajstić information content (AvgIpc) is 2.79. The zero-order valence-corrected chi connectivity index (χ0v) is 12.9. The van der Waals surface area contributed by atoms with Crippen LogP contribution in [0.25, 0.3) is 0 Å². The molecule has 1 unspecified atom stereocenters. The van der Waals surface area contributed by atoms with Gasteiger partial charge in [-0.05, 0) is 50.3 Å². The van der Waals surface area contributed by atoms with Gasteiger partial charge in [-0.25, -0.2) is 0 Å². The van der Waals surface area contributed by atoms with Gasteiger partial charge in [0.2, 0.25) is 5.91 Å². The fourth-order valence-electron chi connectivity index (χ4n) is 3.28. The van der Waals surface area contributed by atoms with Gasteiger partial charge in [-0.3, -0.25) is 9.59 Å². The third kappa shape index (κ3) is 2.56. The van der Waals surface area contributed by atoms with Crippen molar-refractivity contribution < 1.29 is 19.4 Å². The van der Waals surface area contributed by atoms with Crippen molar-refractivity contribution in [2.45, 2.75) is 51.0 Å². The van der Waals surface area contributed by atoms with Gasteiger partial charge in [0.25, 0.3) is 0 Å². The Bertz CT molecular complexity index is 634. The lowest BCUT2D eigenvalue weighted by Crippen LogP contribution is -2.55. The van der Waals surface area contributed by atoms with Crippen LogP contribution in [-0.4, -0.2) is 29.1 Å². The molecule has 5 heteroatoms. The Labute approximate surface area is 129 Å². The van der Waals surface area contributed by atoms with Gasteiger partial charge in [0.1, 0.15) is 18.3 Å². The number of carbonyl (C=O) groups excluding carboxylic acids is 1. The maximum Gasteiger partial charge on any atom is 0.305 e. The number of ether oxygens (including phenoxy) is 1. The first kappa shape index (κ1) is 14.9. The molecule has 3 rings (SSSR count). The van der Waals surface area contributed by atoms with E-state index in [1.54, 1.807) is 0 Å². The molecular weight excluding hydrogens is 282 g/mol. The molecule has 2 N–H and O–H groups in total. The lowest BCUT2D eigenvalue weighted by molar-refractivity contribution is -0.140. The first-order valence-corrected chi connectivity index (χ1v) is 7.68. The van der Waals surface area contributed by atoms with Crippen molar-refractivity contribution in [1.82, 2.24) is 5.32 Å². The minimum absolute atomic E-state index is 0.00784. The van der Waals surface area contributed by atoms with Crippen molar-refractivity contribution >= 4 is 11.9 Å². The minimum atomic E-state index is -0.866. The number of fused-ring (bicyclic) bond motifs is 1. The van der Waals surface area contributed by atoms with Crippen LogP contribution in [-0.2, 0) is 9.59 Å². The van der Waals surface area contributed by atoms with Crippen LogP contribution in [0.1, 0.15) is 48.3 Å². The molecule has 1 aliphatic carbocycles. The van der Waals surface area contributed by atoms with Crippen molar-refractivity contribution in [3.05, 3.63) is 28.8 Å². The molecule has 0 saturated heterocycles. The molecule has 2 aliphatic rings. The topological polar surface area (TPSA) is 75.6 Å². The minimum Gasteiger partial charge on any atom is -0.492 e. The number of aryl methyl sites for hydroxylation is 2. The monoisotopic (exact) mass is 303 g/mol. The first-order valence-electron chi connectivity index (χ1n) is 7.68. The van der Waals surface area contributed by atoms with Crippen LogP contribution in [0.4, 0.5) is 0 Å². The van der Waals surface area contributed by atoms with Crippen LogP contribution in [0.2, 0.25) is 0 Å². The normalized spacial score (nSPS) is 21.5. The number of aliphatic carboxylic acids is 1. The molecule has 1 saturated carbocycles. The molecule has 1 aliphatic heterocycles. The third-order valence-electron chi connectivity index (χ3n) is 4.91. The van der Waals surface area contributed by atoms with Crippen molar-refractivity contribution in [3.8, 4) is 5.75 Å². The van der Waals surface area contributed by atoms with Gasteiger partial charge >= 0.3 is 5.97 Å². The van der Waals surface area contributed by atoms with Crippen LogP contribution >= 0.6 is 0 Å². The molecule has 0 aromatic heterocycles. The summed E-state index contributed by atoms with van der Waals surface area (Å²) in [5.74, 6) is -0.567. The molecule has 0 spiro atoms. The van der Waals surface area contributed by atoms with E-state index in [1.165, 1.54) is 0 Å². The number of hydrogen-bond donors (Lipinski definition) is 2. The molecule has 1 aromatic rings. The summed E-state index contributed by atoms with van der Waals surface area (Å²) in [6.07, 6.45) is 2.42. The number of hydrogen-bond acceptors (Lipinski definition) is 3. The van der Waals surface area contributed by atoms with E-state index in [0.29, 0.717) is 6.61 Å². The van der Waals surface area contributed by atoms with Crippen molar-refractivity contribution in [2.24, 2.45) is 0 Å². The lowest BCUT2D eigenvalue weighted by Gasteiger charge is -2.42. The SMILES string of the molecule is Cc1cc2c(cc1C)C(C(=O)NC1(CC(=O)O)CCC1)CO2. The number of benzene rings is 1. The number of carbonyl (C=O) groups is 2. The largest absolute Gasteiger partial charge is 0.492 e. The second-order valence-corrected chi connectivity index (χ2v) is 6.53. The van der Waals surface area contributed by atoms with E-state index in [1.807, 2.05) is 26.0 Å². The highest BCUT2D eigenvalue weighted by Crippen LogP contribution is 2.39. The predicted molar refractivity (Wildman–Crippen MR) is 81.1 cm³/mol. The van der Waals surface area contributed by atoms with Gasteiger partial charge < -0.3 is 15.2 Å². The summed E-state index contributed by atoms with van der Waals surface area (Å²) in [6.45, 7) is 4.36. The summed E-state index contributed by atoms with van der Waals surface area (Å²) >= 11 is 0. The number of rotatable bonds is 4. The Morgan fingerprint density at radius 2 is 2.00 bits per heavy atom. The molecule has 5 nitrogen and oxygen atoms in total. The van der Waals surface area contributed by atoms with E-state index in [9.17, 15) is 9.59 Å². The van der Waals surface area contributed by atoms with E-state index in [4.69, 9.17) is 9.84 Å². The van der Waals surface area contributed by atoms with Gasteiger partial charge in [0.15, 0.2) is 0 Å². The Morgan fingerprint density at radius 3 is 2.59 bits per heavy atom. The molecule has 1 aromatic carbocycles. The summed E-state index contributed by atoms with van der Waals surface area (Å²) < 4.78 is 5.64. The van der Waals surface area contributed by atoms with Crippen LogP contribution in [0, 0.1) is 13.8 Å². The molecule has 0 radical (unpaired) electrons. The number of nitrogens with one attached hydrogen (secondary N) is 1. The fraction of sp³-hybridized carbons (Fsp3) is 0.529. The van der Waals surface area contributed by atoms with Crippen LogP contribution in [0.3, 0.4) is 0 Å². The van der Waals surface area contributed by atoms with E-state index in [0.717, 1.165) is 41.7 Å². The summed E-state index contributed by atoms with van der Waals surface area (Å²) in [6, 6.07) is 3.97. The third-order valence-corrected chi connectivity index (χ3v) is 4.91. The van der Waals surface area contributed by atoms with Crippen LogP contribution < -0.4 is 10.1 Å². The van der Waals surface area contributed by atoms with E-state index >= 15 is 0 Å².